The van der Waals surface area contributed by atoms with Crippen LogP contribution >= 0.6 is 0 Å². The maximum atomic E-state index is 13.7. The molecule has 23 heavy (non-hydrogen) atoms. The highest BCUT2D eigenvalue weighted by molar-refractivity contribution is 7.89. The third-order valence-electron chi connectivity index (χ3n) is 3.31. The van der Waals surface area contributed by atoms with E-state index in [1.54, 1.807) is 0 Å². The lowest BCUT2D eigenvalue weighted by atomic mass is 10.1. The van der Waals surface area contributed by atoms with Gasteiger partial charge < -0.3 is 0 Å². The molecular formula is C16H15F2NO3S. The molecule has 0 heterocycles. The van der Waals surface area contributed by atoms with Crippen LogP contribution in [0.15, 0.2) is 47.4 Å². The Morgan fingerprint density at radius 1 is 1.13 bits per heavy atom. The molecule has 0 amide bonds. The lowest BCUT2D eigenvalue weighted by molar-refractivity contribution is 0.101. The third-order valence-corrected chi connectivity index (χ3v) is 4.85. The van der Waals surface area contributed by atoms with E-state index >= 15 is 0 Å². The SMILES string of the molecule is CC(=O)c1cccc(S(=O)(=O)N[C@@H](C)c2ccc(F)cc2F)c1. The number of nitrogens with one attached hydrogen (secondary N) is 1. The summed E-state index contributed by atoms with van der Waals surface area (Å²) in [5.74, 6) is -1.84. The molecule has 2 aromatic rings. The van der Waals surface area contributed by atoms with Crippen molar-refractivity contribution >= 4 is 15.8 Å². The first-order valence-corrected chi connectivity index (χ1v) is 8.27. The van der Waals surface area contributed by atoms with E-state index in [0.29, 0.717) is 6.07 Å². The van der Waals surface area contributed by atoms with Gasteiger partial charge in [0.2, 0.25) is 10.0 Å². The van der Waals surface area contributed by atoms with E-state index in [9.17, 15) is 22.0 Å². The van der Waals surface area contributed by atoms with Gasteiger partial charge in [-0.1, -0.05) is 18.2 Å². The summed E-state index contributed by atoms with van der Waals surface area (Å²) in [6.07, 6.45) is 0. The predicted octanol–water partition coefficient (Wildman–Crippen LogP) is 3.21. The van der Waals surface area contributed by atoms with Gasteiger partial charge >= 0.3 is 0 Å². The topological polar surface area (TPSA) is 63.2 Å². The van der Waals surface area contributed by atoms with Crippen molar-refractivity contribution in [3.8, 4) is 0 Å². The van der Waals surface area contributed by atoms with Crippen LogP contribution in [-0.2, 0) is 10.0 Å². The Labute approximate surface area is 133 Å². The van der Waals surface area contributed by atoms with Crippen molar-refractivity contribution in [3.05, 3.63) is 65.2 Å². The van der Waals surface area contributed by atoms with E-state index in [0.717, 1.165) is 6.07 Å². The van der Waals surface area contributed by atoms with E-state index < -0.39 is 27.7 Å². The number of Topliss-reactive ketones (excluding diaryl/α,β-unsaturated/α-hetero) is 1. The second-order valence-corrected chi connectivity index (χ2v) is 6.81. The van der Waals surface area contributed by atoms with E-state index in [-0.39, 0.29) is 21.8 Å². The molecule has 1 N–H and O–H groups in total. The fourth-order valence-electron chi connectivity index (χ4n) is 2.10. The average molecular weight is 339 g/mol. The zero-order valence-electron chi connectivity index (χ0n) is 12.5. The molecule has 4 nitrogen and oxygen atoms in total. The van der Waals surface area contributed by atoms with Gasteiger partial charge in [0.25, 0.3) is 0 Å². The quantitative estimate of drug-likeness (QED) is 0.851. The molecule has 0 unspecified atom stereocenters. The lowest BCUT2D eigenvalue weighted by Crippen LogP contribution is -2.27. The predicted molar refractivity (Wildman–Crippen MR) is 81.5 cm³/mol. The van der Waals surface area contributed by atoms with Crippen LogP contribution in [0.25, 0.3) is 0 Å². The maximum absolute atomic E-state index is 13.7. The number of hydrogen-bond donors (Lipinski definition) is 1. The molecule has 0 aliphatic heterocycles. The zero-order valence-corrected chi connectivity index (χ0v) is 13.3. The standard InChI is InChI=1S/C16H15F2NO3S/c1-10(15-7-6-13(17)9-16(15)18)19-23(21,22)14-5-3-4-12(8-14)11(2)20/h3-10,19H,1-2H3/t10-/m0/s1. The Balaban J connectivity index is 2.30. The van der Waals surface area contributed by atoms with Crippen LogP contribution in [0.1, 0.15) is 35.8 Å². The Hall–Kier alpha value is -2.12. The number of hydrogen-bond acceptors (Lipinski definition) is 3. The lowest BCUT2D eigenvalue weighted by Gasteiger charge is -2.15. The summed E-state index contributed by atoms with van der Waals surface area (Å²) in [5.41, 5.74) is 0.284. The summed E-state index contributed by atoms with van der Waals surface area (Å²) in [7, 11) is -3.95. The van der Waals surface area contributed by atoms with Gasteiger partial charge in [0.05, 0.1) is 4.90 Å². The Bertz CT molecular complexity index is 850. The van der Waals surface area contributed by atoms with E-state index in [1.807, 2.05) is 0 Å². The van der Waals surface area contributed by atoms with Crippen molar-refractivity contribution in [1.29, 1.82) is 0 Å². The second-order valence-electron chi connectivity index (χ2n) is 5.09. The summed E-state index contributed by atoms with van der Waals surface area (Å²) in [5, 5.41) is 0. The van der Waals surface area contributed by atoms with Gasteiger partial charge in [-0.15, -0.1) is 0 Å². The fraction of sp³-hybridized carbons (Fsp3) is 0.188. The molecule has 122 valence electrons. The van der Waals surface area contributed by atoms with Crippen LogP contribution in [0.4, 0.5) is 8.78 Å². The van der Waals surface area contributed by atoms with Gasteiger partial charge in [-0.25, -0.2) is 21.9 Å². The van der Waals surface area contributed by atoms with Crippen LogP contribution in [0.5, 0.6) is 0 Å². The number of rotatable bonds is 5. The van der Waals surface area contributed by atoms with Crippen LogP contribution in [0.3, 0.4) is 0 Å². The van der Waals surface area contributed by atoms with Crippen molar-refractivity contribution in [2.24, 2.45) is 0 Å². The van der Waals surface area contributed by atoms with Crippen LogP contribution in [0, 0.1) is 11.6 Å². The molecule has 2 rings (SSSR count). The van der Waals surface area contributed by atoms with Crippen molar-refractivity contribution in [3.63, 3.8) is 0 Å². The maximum Gasteiger partial charge on any atom is 0.241 e. The first kappa shape index (κ1) is 17.2. The van der Waals surface area contributed by atoms with Crippen molar-refractivity contribution in [1.82, 2.24) is 4.72 Å². The Morgan fingerprint density at radius 3 is 2.43 bits per heavy atom. The molecule has 1 atom stereocenters. The highest BCUT2D eigenvalue weighted by atomic mass is 32.2. The zero-order chi connectivity index (χ0) is 17.2. The minimum atomic E-state index is -3.95. The van der Waals surface area contributed by atoms with E-state index in [1.165, 1.54) is 44.2 Å². The van der Waals surface area contributed by atoms with Crippen LogP contribution < -0.4 is 4.72 Å². The van der Waals surface area contributed by atoms with Crippen LogP contribution in [-0.4, -0.2) is 14.2 Å². The molecule has 0 spiro atoms. The van der Waals surface area contributed by atoms with E-state index in [4.69, 9.17) is 0 Å². The normalized spacial score (nSPS) is 12.9. The molecule has 7 heteroatoms. The minimum Gasteiger partial charge on any atom is -0.295 e. The summed E-state index contributed by atoms with van der Waals surface area (Å²) >= 11 is 0. The second kappa shape index (κ2) is 6.55. The minimum absolute atomic E-state index is 0.0256. The van der Waals surface area contributed by atoms with Crippen molar-refractivity contribution < 1.29 is 22.0 Å². The number of sulfonamides is 1. The monoisotopic (exact) mass is 339 g/mol. The molecule has 2 aromatic carbocycles. The van der Waals surface area contributed by atoms with Gasteiger partial charge in [-0.2, -0.15) is 0 Å². The average Bonchev–Trinajstić information content (AvgIpc) is 2.46. The van der Waals surface area contributed by atoms with Gasteiger partial charge in [0, 0.05) is 23.2 Å². The molecule has 0 aromatic heterocycles. The first-order chi connectivity index (χ1) is 10.7. The Morgan fingerprint density at radius 2 is 1.83 bits per heavy atom. The molecule has 0 fully saturated rings. The molecule has 0 radical (unpaired) electrons. The van der Waals surface area contributed by atoms with Crippen LogP contribution in [0.2, 0.25) is 0 Å². The van der Waals surface area contributed by atoms with Gasteiger partial charge in [0.1, 0.15) is 11.6 Å². The molecule has 0 aliphatic carbocycles. The summed E-state index contributed by atoms with van der Waals surface area (Å²) < 4.78 is 53.7. The first-order valence-electron chi connectivity index (χ1n) is 6.79. The smallest absolute Gasteiger partial charge is 0.241 e. The highest BCUT2D eigenvalue weighted by Crippen LogP contribution is 2.21. The fourth-order valence-corrected chi connectivity index (χ4v) is 3.37. The van der Waals surface area contributed by atoms with Gasteiger partial charge in [0.15, 0.2) is 5.78 Å². The third kappa shape index (κ3) is 4.00. The summed E-state index contributed by atoms with van der Waals surface area (Å²) in [6.45, 7) is 2.78. The molecular weight excluding hydrogens is 324 g/mol. The van der Waals surface area contributed by atoms with E-state index in [2.05, 4.69) is 4.72 Å². The van der Waals surface area contributed by atoms with Crippen molar-refractivity contribution in [2.75, 3.05) is 0 Å². The molecule has 0 aliphatic rings. The largest absolute Gasteiger partial charge is 0.295 e. The van der Waals surface area contributed by atoms with Gasteiger partial charge in [-0.3, -0.25) is 4.79 Å². The molecule has 0 saturated carbocycles. The molecule has 0 bridgehead atoms. The number of carbonyl (C=O) groups excluding carboxylic acids is 1. The summed E-state index contributed by atoms with van der Waals surface area (Å²) in [6, 6.07) is 7.57. The highest BCUT2D eigenvalue weighted by Gasteiger charge is 2.21. The number of benzene rings is 2. The number of carbonyl (C=O) groups is 1. The van der Waals surface area contributed by atoms with Crippen molar-refractivity contribution in [2.45, 2.75) is 24.8 Å². The molecule has 0 saturated heterocycles. The Kier molecular flexibility index (Phi) is 4.91. The van der Waals surface area contributed by atoms with Gasteiger partial charge in [-0.05, 0) is 32.0 Å². The number of ketones is 1. The summed E-state index contributed by atoms with van der Waals surface area (Å²) in [4.78, 5) is 11.2. The number of halogens is 2.